The molecule has 7 nitrogen and oxygen atoms in total. The Labute approximate surface area is 153 Å². The van der Waals surface area contributed by atoms with Crippen molar-refractivity contribution in [3.05, 3.63) is 29.8 Å². The molecular formula is C18H21N3O4S. The zero-order chi connectivity index (χ0) is 19.1. The normalized spacial score (nSPS) is 22.3. The molecule has 0 aromatic heterocycles. The highest BCUT2D eigenvalue weighted by atomic mass is 32.2. The number of likely N-dealkylation sites (tertiary alicyclic amines) is 1. The van der Waals surface area contributed by atoms with Crippen LogP contribution in [0.1, 0.15) is 37.0 Å². The first-order valence-corrected chi connectivity index (χ1v) is 10.1. The number of hydrogen-bond donors (Lipinski definition) is 0. The Morgan fingerprint density at radius 1 is 1.19 bits per heavy atom. The van der Waals surface area contributed by atoms with Crippen LogP contribution in [0.4, 0.5) is 5.69 Å². The predicted octanol–water partition coefficient (Wildman–Crippen LogP) is 1.76. The van der Waals surface area contributed by atoms with Crippen LogP contribution in [-0.4, -0.2) is 44.0 Å². The summed E-state index contributed by atoms with van der Waals surface area (Å²) >= 11 is 0. The van der Waals surface area contributed by atoms with Crippen molar-refractivity contribution < 1.29 is 18.0 Å². The van der Waals surface area contributed by atoms with E-state index in [4.69, 9.17) is 5.26 Å². The summed E-state index contributed by atoms with van der Waals surface area (Å²) in [6.07, 6.45) is 1.33. The molecule has 0 saturated carbocycles. The number of piperidine rings is 1. The van der Waals surface area contributed by atoms with E-state index < -0.39 is 21.3 Å². The number of nitrogens with zero attached hydrogens (tertiary/aromatic N) is 3. The predicted molar refractivity (Wildman–Crippen MR) is 95.7 cm³/mol. The minimum Gasteiger partial charge on any atom is -0.339 e. The van der Waals surface area contributed by atoms with Gasteiger partial charge in [-0.15, -0.1) is 0 Å². The van der Waals surface area contributed by atoms with Crippen molar-refractivity contribution in [2.24, 2.45) is 11.3 Å². The van der Waals surface area contributed by atoms with E-state index in [9.17, 15) is 18.0 Å². The van der Waals surface area contributed by atoms with Crippen LogP contribution in [0.15, 0.2) is 24.3 Å². The van der Waals surface area contributed by atoms with Crippen LogP contribution in [0.5, 0.6) is 0 Å². The lowest BCUT2D eigenvalue weighted by atomic mass is 9.95. The first kappa shape index (κ1) is 18.4. The van der Waals surface area contributed by atoms with Crippen molar-refractivity contribution in [1.29, 1.82) is 5.26 Å². The van der Waals surface area contributed by atoms with E-state index >= 15 is 0 Å². The number of anilines is 1. The number of hydrogen-bond acceptors (Lipinski definition) is 5. The summed E-state index contributed by atoms with van der Waals surface area (Å²) in [6.45, 7) is 4.28. The SMILES string of the molecule is CC1(C)CS(=O)(=O)N(c2ccc(C(=O)N3CCC(C#N)CC3)cc2)C1=O. The Morgan fingerprint density at radius 2 is 1.77 bits per heavy atom. The van der Waals surface area contributed by atoms with Gasteiger partial charge < -0.3 is 4.90 Å². The minimum absolute atomic E-state index is 0.00355. The highest BCUT2D eigenvalue weighted by Crippen LogP contribution is 2.35. The molecule has 3 rings (SSSR count). The van der Waals surface area contributed by atoms with Crippen LogP contribution in [0.25, 0.3) is 0 Å². The standard InChI is InChI=1S/C18H21N3O4S/c1-18(2)12-26(24,25)21(17(18)23)15-5-3-14(4-6-15)16(22)20-9-7-13(11-19)8-10-20/h3-6,13H,7-10,12H2,1-2H3. The van der Waals surface area contributed by atoms with Gasteiger partial charge in [0.1, 0.15) is 0 Å². The molecule has 0 aliphatic carbocycles. The van der Waals surface area contributed by atoms with Crippen LogP contribution in [-0.2, 0) is 14.8 Å². The van der Waals surface area contributed by atoms with Gasteiger partial charge in [-0.25, -0.2) is 12.7 Å². The lowest BCUT2D eigenvalue weighted by Gasteiger charge is -2.29. The monoisotopic (exact) mass is 375 g/mol. The van der Waals surface area contributed by atoms with Gasteiger partial charge in [-0.2, -0.15) is 5.26 Å². The first-order chi connectivity index (χ1) is 12.2. The van der Waals surface area contributed by atoms with Gasteiger partial charge in [-0.1, -0.05) is 0 Å². The molecule has 2 saturated heterocycles. The Morgan fingerprint density at radius 3 is 2.23 bits per heavy atom. The highest BCUT2D eigenvalue weighted by Gasteiger charge is 2.49. The van der Waals surface area contributed by atoms with Crippen LogP contribution in [0, 0.1) is 22.7 Å². The van der Waals surface area contributed by atoms with E-state index in [0.717, 1.165) is 4.31 Å². The first-order valence-electron chi connectivity index (χ1n) is 8.52. The van der Waals surface area contributed by atoms with Crippen LogP contribution < -0.4 is 4.31 Å². The zero-order valence-corrected chi connectivity index (χ0v) is 15.6. The summed E-state index contributed by atoms with van der Waals surface area (Å²) in [6, 6.07) is 8.30. The van der Waals surface area contributed by atoms with E-state index in [2.05, 4.69) is 6.07 Å². The van der Waals surface area contributed by atoms with E-state index in [1.54, 1.807) is 30.9 Å². The fourth-order valence-corrected chi connectivity index (χ4v) is 5.50. The molecule has 0 atom stereocenters. The molecule has 0 radical (unpaired) electrons. The molecule has 2 heterocycles. The number of rotatable bonds is 2. The van der Waals surface area contributed by atoms with Crippen molar-refractivity contribution in [3.8, 4) is 6.07 Å². The molecule has 0 N–H and O–H groups in total. The maximum absolute atomic E-state index is 12.6. The number of nitriles is 1. The molecular weight excluding hydrogens is 354 g/mol. The molecule has 0 unspecified atom stereocenters. The largest absolute Gasteiger partial charge is 0.339 e. The molecule has 2 fully saturated rings. The number of carbonyl (C=O) groups is 2. The van der Waals surface area contributed by atoms with E-state index in [1.165, 1.54) is 12.1 Å². The average molecular weight is 375 g/mol. The van der Waals surface area contributed by atoms with Gasteiger partial charge in [0.2, 0.25) is 15.9 Å². The average Bonchev–Trinajstić information content (AvgIpc) is 2.77. The molecule has 1 aromatic carbocycles. The van der Waals surface area contributed by atoms with Gasteiger partial charge in [0, 0.05) is 24.6 Å². The third-order valence-electron chi connectivity index (χ3n) is 4.90. The Balaban J connectivity index is 1.78. The number of sulfonamides is 1. The molecule has 2 aliphatic rings. The van der Waals surface area contributed by atoms with E-state index in [1.807, 2.05) is 0 Å². The van der Waals surface area contributed by atoms with E-state index in [0.29, 0.717) is 31.5 Å². The fraction of sp³-hybridized carbons (Fsp3) is 0.500. The van der Waals surface area contributed by atoms with Crippen molar-refractivity contribution >= 4 is 27.5 Å². The van der Waals surface area contributed by atoms with Crippen molar-refractivity contribution in [1.82, 2.24) is 4.90 Å². The molecule has 0 spiro atoms. The maximum atomic E-state index is 12.6. The second-order valence-electron chi connectivity index (χ2n) is 7.45. The Hall–Kier alpha value is -2.40. The topological polar surface area (TPSA) is 98.6 Å². The van der Waals surface area contributed by atoms with Gasteiger partial charge >= 0.3 is 0 Å². The summed E-state index contributed by atoms with van der Waals surface area (Å²) in [4.78, 5) is 26.7. The summed E-state index contributed by atoms with van der Waals surface area (Å²) in [5.74, 6) is -0.844. The number of benzene rings is 1. The minimum atomic E-state index is -3.70. The van der Waals surface area contributed by atoms with Crippen molar-refractivity contribution in [2.45, 2.75) is 26.7 Å². The Kier molecular flexibility index (Phi) is 4.53. The molecule has 1 aromatic rings. The van der Waals surface area contributed by atoms with E-state index in [-0.39, 0.29) is 23.3 Å². The van der Waals surface area contributed by atoms with Gasteiger partial charge in [0.05, 0.1) is 22.9 Å². The third kappa shape index (κ3) is 3.19. The Bertz CT molecular complexity index is 876. The van der Waals surface area contributed by atoms with Crippen molar-refractivity contribution in [3.63, 3.8) is 0 Å². The highest BCUT2D eigenvalue weighted by molar-refractivity contribution is 7.94. The molecule has 2 aliphatic heterocycles. The second kappa shape index (κ2) is 6.40. The quantitative estimate of drug-likeness (QED) is 0.784. The fourth-order valence-electron chi connectivity index (χ4n) is 3.40. The smallest absolute Gasteiger partial charge is 0.253 e. The lowest BCUT2D eigenvalue weighted by molar-refractivity contribution is -0.123. The van der Waals surface area contributed by atoms with Crippen LogP contribution >= 0.6 is 0 Å². The summed E-state index contributed by atoms with van der Waals surface area (Å²) < 4.78 is 25.5. The third-order valence-corrected chi connectivity index (χ3v) is 6.92. The lowest BCUT2D eigenvalue weighted by Crippen LogP contribution is -2.38. The molecule has 0 bridgehead atoms. The summed E-state index contributed by atoms with van der Waals surface area (Å²) in [7, 11) is -3.70. The van der Waals surface area contributed by atoms with Crippen LogP contribution in [0.2, 0.25) is 0 Å². The molecule has 2 amide bonds. The zero-order valence-electron chi connectivity index (χ0n) is 14.8. The van der Waals surface area contributed by atoms with Gasteiger partial charge in [-0.05, 0) is 51.0 Å². The van der Waals surface area contributed by atoms with Crippen LogP contribution in [0.3, 0.4) is 0 Å². The van der Waals surface area contributed by atoms with Gasteiger partial charge in [0.15, 0.2) is 0 Å². The van der Waals surface area contributed by atoms with Gasteiger partial charge in [0.25, 0.3) is 5.91 Å². The maximum Gasteiger partial charge on any atom is 0.253 e. The number of amides is 2. The molecule has 26 heavy (non-hydrogen) atoms. The summed E-state index contributed by atoms with van der Waals surface area (Å²) in [5, 5.41) is 8.93. The molecule has 138 valence electrons. The number of carbonyl (C=O) groups excluding carboxylic acids is 2. The van der Waals surface area contributed by atoms with Crippen molar-refractivity contribution in [2.75, 3.05) is 23.1 Å². The summed E-state index contributed by atoms with van der Waals surface area (Å²) in [5.41, 5.74) is -0.272. The second-order valence-corrected chi connectivity index (χ2v) is 9.27. The molecule has 8 heteroatoms. The van der Waals surface area contributed by atoms with Gasteiger partial charge in [-0.3, -0.25) is 9.59 Å².